The second kappa shape index (κ2) is 10.6. The van der Waals surface area contributed by atoms with Gasteiger partial charge in [-0.25, -0.2) is 4.90 Å². The highest BCUT2D eigenvalue weighted by Gasteiger charge is 2.41. The molecule has 2 fully saturated rings. The van der Waals surface area contributed by atoms with Gasteiger partial charge in [0.25, 0.3) is 0 Å². The second-order valence-electron chi connectivity index (χ2n) is 7.86. The molecule has 0 bridgehead atoms. The lowest BCUT2D eigenvalue weighted by Gasteiger charge is -2.36. The van der Waals surface area contributed by atoms with Crippen LogP contribution in [0.3, 0.4) is 0 Å². The van der Waals surface area contributed by atoms with Crippen molar-refractivity contribution in [1.82, 2.24) is 4.90 Å². The Kier molecular flexibility index (Phi) is 8.13. The summed E-state index contributed by atoms with van der Waals surface area (Å²) in [5.74, 6) is 0.343. The highest BCUT2D eigenvalue weighted by Crippen LogP contribution is 2.32. The number of imide groups is 1. The van der Waals surface area contributed by atoms with E-state index >= 15 is 0 Å². The van der Waals surface area contributed by atoms with Crippen molar-refractivity contribution < 1.29 is 19.1 Å². The van der Waals surface area contributed by atoms with E-state index in [0.29, 0.717) is 29.7 Å². The third kappa shape index (κ3) is 5.74. The van der Waals surface area contributed by atoms with Gasteiger partial charge >= 0.3 is 0 Å². The number of hydrogen-bond acceptors (Lipinski definition) is 6. The van der Waals surface area contributed by atoms with Gasteiger partial charge in [0.15, 0.2) is 0 Å². The van der Waals surface area contributed by atoms with Crippen molar-refractivity contribution in [3.05, 3.63) is 24.3 Å². The second-order valence-corrected chi connectivity index (χ2v) is 9.69. The molecule has 2 aliphatic heterocycles. The van der Waals surface area contributed by atoms with Gasteiger partial charge in [-0.2, -0.15) is 0 Å². The average Bonchev–Trinajstić information content (AvgIpc) is 2.98. The minimum absolute atomic E-state index is 0.0902. The molecule has 3 rings (SSSR count). The normalized spacial score (nSPS) is 24.4. The van der Waals surface area contributed by atoms with Crippen LogP contribution in [0.5, 0.6) is 5.75 Å². The number of rotatable bonds is 7. The van der Waals surface area contributed by atoms with Gasteiger partial charge < -0.3 is 14.4 Å². The van der Waals surface area contributed by atoms with Crippen molar-refractivity contribution in [2.45, 2.75) is 63.9 Å². The van der Waals surface area contributed by atoms with Crippen LogP contribution in [0.15, 0.2) is 24.3 Å². The zero-order valence-corrected chi connectivity index (χ0v) is 19.5. The summed E-state index contributed by atoms with van der Waals surface area (Å²) in [4.78, 5) is 28.9. The van der Waals surface area contributed by atoms with Crippen LogP contribution in [0.25, 0.3) is 0 Å². The molecule has 0 aliphatic carbocycles. The van der Waals surface area contributed by atoms with Crippen LogP contribution in [0.4, 0.5) is 5.69 Å². The number of carbonyl (C=O) groups excluding carboxylic acids is 2. The van der Waals surface area contributed by atoms with Gasteiger partial charge in [-0.1, -0.05) is 43.7 Å². The van der Waals surface area contributed by atoms with E-state index in [-0.39, 0.29) is 30.4 Å². The van der Waals surface area contributed by atoms with Crippen LogP contribution in [0.1, 0.15) is 46.5 Å². The van der Waals surface area contributed by atoms with E-state index in [0.717, 1.165) is 25.0 Å². The first-order chi connectivity index (χ1) is 14.4. The lowest BCUT2D eigenvalue weighted by Crippen LogP contribution is -2.47. The van der Waals surface area contributed by atoms with Gasteiger partial charge in [0, 0.05) is 19.5 Å². The van der Waals surface area contributed by atoms with Gasteiger partial charge in [-0.15, -0.1) is 0 Å². The average molecular weight is 451 g/mol. The summed E-state index contributed by atoms with van der Waals surface area (Å²) in [6.07, 6.45) is 3.64. The molecule has 0 aromatic heterocycles. The maximum atomic E-state index is 12.9. The number of morpholine rings is 1. The highest BCUT2D eigenvalue weighted by atomic mass is 32.2. The van der Waals surface area contributed by atoms with E-state index in [1.165, 1.54) is 16.7 Å². The first-order valence-electron chi connectivity index (χ1n) is 10.6. The number of ether oxygens (including phenoxy) is 2. The molecule has 0 unspecified atom stereocenters. The van der Waals surface area contributed by atoms with Crippen molar-refractivity contribution in [2.75, 3.05) is 24.6 Å². The molecule has 6 nitrogen and oxygen atoms in total. The van der Waals surface area contributed by atoms with Crippen LogP contribution >= 0.6 is 24.0 Å². The van der Waals surface area contributed by atoms with Crippen LogP contribution < -0.4 is 9.64 Å². The molecule has 0 spiro atoms. The monoisotopic (exact) mass is 450 g/mol. The number of nitrogens with zero attached hydrogens (tertiary/aromatic N) is 2. The van der Waals surface area contributed by atoms with Gasteiger partial charge in [-0.05, 0) is 44.5 Å². The quantitative estimate of drug-likeness (QED) is 0.353. The third-order valence-electron chi connectivity index (χ3n) is 5.14. The fraction of sp³-hybridized carbons (Fsp3) is 0.591. The molecule has 30 heavy (non-hydrogen) atoms. The smallest absolute Gasteiger partial charge is 0.247 e. The van der Waals surface area contributed by atoms with E-state index in [1.54, 1.807) is 12.1 Å². The zero-order valence-electron chi connectivity index (χ0n) is 17.8. The number of hydrogen-bond donors (Lipinski definition) is 0. The number of unbranched alkanes of at least 4 members (excludes halogenated alkanes) is 2. The lowest BCUT2D eigenvalue weighted by atomic mass is 10.2. The topological polar surface area (TPSA) is 59.1 Å². The Hall–Kier alpha value is -1.64. The number of thiocarbonyl (C=S) groups is 1. The van der Waals surface area contributed by atoms with Crippen LogP contribution in [0, 0.1) is 0 Å². The first kappa shape index (κ1) is 23.0. The Balaban J connectivity index is 1.58. The molecule has 164 valence electrons. The molecule has 8 heteroatoms. The first-order valence-corrected chi connectivity index (χ1v) is 11.9. The fourth-order valence-electron chi connectivity index (χ4n) is 3.72. The van der Waals surface area contributed by atoms with E-state index in [1.807, 2.05) is 26.0 Å². The van der Waals surface area contributed by atoms with Crippen molar-refractivity contribution in [2.24, 2.45) is 0 Å². The molecule has 2 heterocycles. The Morgan fingerprint density at radius 2 is 1.83 bits per heavy atom. The molecule has 2 amide bonds. The van der Waals surface area contributed by atoms with E-state index in [4.69, 9.17) is 21.7 Å². The summed E-state index contributed by atoms with van der Waals surface area (Å²) in [5, 5.41) is -0.483. The summed E-state index contributed by atoms with van der Waals surface area (Å²) in [5.41, 5.74) is 0.577. The minimum Gasteiger partial charge on any atom is -0.494 e. The van der Waals surface area contributed by atoms with Gasteiger partial charge in [-0.3, -0.25) is 9.59 Å². The Bertz CT molecular complexity index is 761. The lowest BCUT2D eigenvalue weighted by molar-refractivity contribution is -0.121. The molecule has 3 atom stereocenters. The fourth-order valence-corrected chi connectivity index (χ4v) is 5.20. The van der Waals surface area contributed by atoms with E-state index in [9.17, 15) is 9.59 Å². The zero-order chi connectivity index (χ0) is 21.7. The van der Waals surface area contributed by atoms with Crippen molar-refractivity contribution >= 4 is 45.8 Å². The molecule has 2 aliphatic rings. The molecular formula is C22H30N2O4S2. The maximum absolute atomic E-state index is 12.9. The predicted octanol–water partition coefficient (Wildman–Crippen LogP) is 4.01. The summed E-state index contributed by atoms with van der Waals surface area (Å²) < 4.78 is 12.1. The summed E-state index contributed by atoms with van der Waals surface area (Å²) in [6, 6.07) is 7.15. The Morgan fingerprint density at radius 1 is 1.17 bits per heavy atom. The Labute approximate surface area is 188 Å². The van der Waals surface area contributed by atoms with Crippen molar-refractivity contribution in [3.8, 4) is 5.75 Å². The molecular weight excluding hydrogens is 420 g/mol. The van der Waals surface area contributed by atoms with Crippen molar-refractivity contribution in [1.29, 1.82) is 0 Å². The number of anilines is 1. The van der Waals surface area contributed by atoms with Crippen LogP contribution in [-0.4, -0.2) is 58.2 Å². The highest BCUT2D eigenvalue weighted by molar-refractivity contribution is 8.23. The van der Waals surface area contributed by atoms with E-state index < -0.39 is 5.25 Å². The SMILES string of the molecule is CCCCCOc1ccc(N2C(=O)C[C@H](SC(=S)N3C[C@H](C)O[C@@H](C)C3)C2=O)cc1. The number of carbonyl (C=O) groups is 2. The molecule has 2 saturated heterocycles. The third-order valence-corrected chi connectivity index (χ3v) is 6.80. The van der Waals surface area contributed by atoms with Gasteiger partial charge in [0.1, 0.15) is 15.3 Å². The maximum Gasteiger partial charge on any atom is 0.247 e. The predicted molar refractivity (Wildman–Crippen MR) is 124 cm³/mol. The molecule has 0 saturated carbocycles. The molecule has 0 radical (unpaired) electrons. The summed E-state index contributed by atoms with van der Waals surface area (Å²) in [6.45, 7) is 8.25. The van der Waals surface area contributed by atoms with Gasteiger partial charge in [0.05, 0.1) is 24.5 Å². The number of benzene rings is 1. The minimum atomic E-state index is -0.483. The molecule has 1 aromatic carbocycles. The molecule has 0 N–H and O–H groups in total. The summed E-state index contributed by atoms with van der Waals surface area (Å²) in [7, 11) is 0. The largest absolute Gasteiger partial charge is 0.494 e. The summed E-state index contributed by atoms with van der Waals surface area (Å²) >= 11 is 6.89. The Morgan fingerprint density at radius 3 is 2.47 bits per heavy atom. The number of thioether (sulfide) groups is 1. The standard InChI is InChI=1S/C22H30N2O4S2/c1-4-5-6-11-27-18-9-7-17(8-10-18)24-20(25)12-19(21(24)26)30-22(29)23-13-15(2)28-16(3)14-23/h7-10,15-16,19H,4-6,11-14H2,1-3H3/t15-,16-,19-/m0/s1. The van der Waals surface area contributed by atoms with Crippen molar-refractivity contribution in [3.63, 3.8) is 0 Å². The molecule has 1 aromatic rings. The van der Waals surface area contributed by atoms with E-state index in [2.05, 4.69) is 11.8 Å². The van der Waals surface area contributed by atoms with Gasteiger partial charge in [0.2, 0.25) is 11.8 Å². The van der Waals surface area contributed by atoms with Crippen LogP contribution in [-0.2, 0) is 14.3 Å². The van der Waals surface area contributed by atoms with Crippen LogP contribution in [0.2, 0.25) is 0 Å². The number of amides is 2.